The number of ether oxygens (including phenoxy) is 1. The summed E-state index contributed by atoms with van der Waals surface area (Å²) in [5, 5.41) is 2.92. The van der Waals surface area contributed by atoms with Crippen molar-refractivity contribution in [2.24, 2.45) is 5.92 Å². The van der Waals surface area contributed by atoms with Gasteiger partial charge < -0.3 is 10.1 Å². The van der Waals surface area contributed by atoms with Crippen LogP contribution < -0.4 is 5.32 Å². The van der Waals surface area contributed by atoms with Crippen LogP contribution in [0.5, 0.6) is 0 Å². The minimum Gasteiger partial charge on any atom is -0.379 e. The van der Waals surface area contributed by atoms with Crippen molar-refractivity contribution in [3.05, 3.63) is 29.2 Å². The number of amides is 1. The fraction of sp³-hybridized carbons (Fsp3) is 0.562. The number of nitrogens with zero attached hydrogens (tertiary/aromatic N) is 1. The molecule has 8 heteroatoms. The van der Waals surface area contributed by atoms with Crippen LogP contribution in [0.2, 0.25) is 0 Å². The predicted molar refractivity (Wildman–Crippen MR) is 92.2 cm³/mol. The number of rotatable bonds is 5. The van der Waals surface area contributed by atoms with Crippen molar-refractivity contribution in [1.29, 1.82) is 0 Å². The maximum Gasteiger partial charge on any atom is 0.252 e. The quantitative estimate of drug-likeness (QED) is 0.801. The van der Waals surface area contributed by atoms with Gasteiger partial charge in [0, 0.05) is 23.9 Å². The number of hydrogen-bond acceptors (Lipinski definition) is 5. The Kier molecular flexibility index (Phi) is 5.70. The summed E-state index contributed by atoms with van der Waals surface area (Å²) in [6, 6.07) is 3.40. The van der Waals surface area contributed by atoms with Crippen molar-refractivity contribution in [3.63, 3.8) is 0 Å². The van der Waals surface area contributed by atoms with Gasteiger partial charge >= 0.3 is 0 Å². The summed E-state index contributed by atoms with van der Waals surface area (Å²) in [5.41, 5.74) is 0. The van der Waals surface area contributed by atoms with Gasteiger partial charge in [0.15, 0.2) is 0 Å². The third kappa shape index (κ3) is 4.05. The molecule has 0 aromatic carbocycles. The molecule has 0 saturated carbocycles. The summed E-state index contributed by atoms with van der Waals surface area (Å²) >= 11 is 1.22. The van der Waals surface area contributed by atoms with Crippen LogP contribution in [0.15, 0.2) is 28.5 Å². The van der Waals surface area contributed by atoms with E-state index in [4.69, 9.17) is 4.74 Å². The maximum absolute atomic E-state index is 12.6. The first-order chi connectivity index (χ1) is 11.6. The normalized spacial score (nSPS) is 22.4. The van der Waals surface area contributed by atoms with Crippen LogP contribution in [-0.4, -0.2) is 44.9 Å². The van der Waals surface area contributed by atoms with Crippen LogP contribution in [0.1, 0.15) is 24.1 Å². The topological polar surface area (TPSA) is 75.7 Å². The second kappa shape index (κ2) is 7.77. The van der Waals surface area contributed by atoms with Crippen molar-refractivity contribution >= 4 is 27.3 Å². The van der Waals surface area contributed by atoms with E-state index in [1.165, 1.54) is 15.6 Å². The van der Waals surface area contributed by atoms with Crippen LogP contribution in [-0.2, 0) is 26.1 Å². The number of carbonyl (C=O) groups is 1. The van der Waals surface area contributed by atoms with Gasteiger partial charge in [0.1, 0.15) is 4.21 Å². The molecule has 0 radical (unpaired) electrons. The van der Waals surface area contributed by atoms with Gasteiger partial charge in [-0.3, -0.25) is 4.79 Å². The highest BCUT2D eigenvalue weighted by Gasteiger charge is 2.27. The van der Waals surface area contributed by atoms with E-state index in [-0.39, 0.29) is 11.8 Å². The number of hydrogen-bond donors (Lipinski definition) is 1. The molecule has 1 aromatic heterocycles. The second-order valence-corrected chi connectivity index (χ2v) is 9.27. The molecule has 1 aliphatic carbocycles. The van der Waals surface area contributed by atoms with Crippen molar-refractivity contribution < 1.29 is 17.9 Å². The summed E-state index contributed by atoms with van der Waals surface area (Å²) in [7, 11) is -3.45. The number of nitrogens with one attached hydrogen (secondary N) is 1. The third-order valence-corrected chi connectivity index (χ3v) is 7.73. The molecule has 1 unspecified atom stereocenters. The van der Waals surface area contributed by atoms with E-state index < -0.39 is 10.0 Å². The molecule has 0 bridgehead atoms. The number of thiophene rings is 1. The Morgan fingerprint density at radius 1 is 1.29 bits per heavy atom. The molecule has 0 spiro atoms. The average Bonchev–Trinajstić information content (AvgIpc) is 3.11. The molecule has 2 aliphatic rings. The number of sulfonamides is 1. The maximum atomic E-state index is 12.6. The van der Waals surface area contributed by atoms with Gasteiger partial charge in [0.05, 0.1) is 19.8 Å². The van der Waals surface area contributed by atoms with Gasteiger partial charge in [-0.15, -0.1) is 11.3 Å². The molecular weight excluding hydrogens is 348 g/mol. The largest absolute Gasteiger partial charge is 0.379 e. The highest BCUT2D eigenvalue weighted by atomic mass is 32.2. The zero-order valence-corrected chi connectivity index (χ0v) is 15.1. The van der Waals surface area contributed by atoms with Gasteiger partial charge in [-0.25, -0.2) is 8.42 Å². The van der Waals surface area contributed by atoms with E-state index in [0.29, 0.717) is 37.1 Å². The highest BCUT2D eigenvalue weighted by Crippen LogP contribution is 2.26. The van der Waals surface area contributed by atoms with Crippen LogP contribution in [0.25, 0.3) is 0 Å². The van der Waals surface area contributed by atoms with Gasteiger partial charge in [0.2, 0.25) is 5.91 Å². The van der Waals surface area contributed by atoms with Gasteiger partial charge in [0.25, 0.3) is 10.0 Å². The number of allylic oxidation sites excluding steroid dienone is 2. The van der Waals surface area contributed by atoms with Crippen LogP contribution >= 0.6 is 11.3 Å². The van der Waals surface area contributed by atoms with Crippen LogP contribution in [0.4, 0.5) is 0 Å². The molecule has 1 saturated heterocycles. The van der Waals surface area contributed by atoms with Crippen molar-refractivity contribution in [3.8, 4) is 0 Å². The lowest BCUT2D eigenvalue weighted by molar-refractivity contribution is -0.125. The Morgan fingerprint density at radius 2 is 2.08 bits per heavy atom. The smallest absolute Gasteiger partial charge is 0.252 e. The molecule has 1 amide bonds. The first-order valence-electron chi connectivity index (χ1n) is 8.17. The molecule has 1 N–H and O–H groups in total. The highest BCUT2D eigenvalue weighted by molar-refractivity contribution is 7.91. The minimum atomic E-state index is -3.45. The second-order valence-electron chi connectivity index (χ2n) is 5.94. The van der Waals surface area contributed by atoms with E-state index in [2.05, 4.69) is 11.4 Å². The summed E-state index contributed by atoms with van der Waals surface area (Å²) < 4.78 is 32.1. The zero-order valence-electron chi connectivity index (χ0n) is 13.4. The summed E-state index contributed by atoms with van der Waals surface area (Å²) in [6.07, 6.45) is 6.76. The third-order valence-electron chi connectivity index (χ3n) is 4.28. The molecule has 132 valence electrons. The molecule has 1 aliphatic heterocycles. The van der Waals surface area contributed by atoms with Gasteiger partial charge in [-0.05, 0) is 31.4 Å². The fourth-order valence-electron chi connectivity index (χ4n) is 2.86. The molecule has 1 aromatic rings. The van der Waals surface area contributed by atoms with Crippen molar-refractivity contribution in [2.45, 2.75) is 30.0 Å². The Labute approximate surface area is 146 Å². The Hall–Kier alpha value is -1.22. The van der Waals surface area contributed by atoms with Crippen LogP contribution in [0.3, 0.4) is 0 Å². The van der Waals surface area contributed by atoms with Gasteiger partial charge in [-0.2, -0.15) is 4.31 Å². The minimum absolute atomic E-state index is 0.0338. The fourth-order valence-corrected chi connectivity index (χ4v) is 5.71. The van der Waals surface area contributed by atoms with Crippen molar-refractivity contribution in [1.82, 2.24) is 9.62 Å². The lowest BCUT2D eigenvalue weighted by atomic mass is 9.94. The van der Waals surface area contributed by atoms with E-state index in [1.807, 2.05) is 6.08 Å². The van der Waals surface area contributed by atoms with Gasteiger partial charge in [-0.1, -0.05) is 12.2 Å². The zero-order chi connectivity index (χ0) is 17.0. The van der Waals surface area contributed by atoms with Crippen LogP contribution in [0, 0.1) is 5.92 Å². The van der Waals surface area contributed by atoms with E-state index in [9.17, 15) is 13.2 Å². The molecule has 24 heavy (non-hydrogen) atoms. The number of morpholine rings is 1. The molecular formula is C16H22N2O4S2. The lowest BCUT2D eigenvalue weighted by Crippen LogP contribution is -2.40. The molecule has 6 nitrogen and oxygen atoms in total. The van der Waals surface area contributed by atoms with E-state index >= 15 is 0 Å². The molecule has 1 fully saturated rings. The SMILES string of the molecule is O=C(NCc1ccc(S(=O)(=O)N2CCOCC2)s1)C1CC=CCC1. The van der Waals surface area contributed by atoms with E-state index in [0.717, 1.165) is 24.1 Å². The Morgan fingerprint density at radius 3 is 2.79 bits per heavy atom. The summed E-state index contributed by atoms with van der Waals surface area (Å²) in [5.74, 6) is 0.0804. The Balaban J connectivity index is 1.59. The first-order valence-corrected chi connectivity index (χ1v) is 10.4. The standard InChI is InChI=1S/C16H22N2O4S2/c19-16(13-4-2-1-3-5-13)17-12-14-6-7-15(23-14)24(20,21)18-8-10-22-11-9-18/h1-2,6-7,13H,3-5,8-12H2,(H,17,19). The molecule has 3 rings (SSSR count). The predicted octanol–water partition coefficient (Wildman–Crippen LogP) is 1.74. The van der Waals surface area contributed by atoms with E-state index in [1.54, 1.807) is 12.1 Å². The Bertz CT molecular complexity index is 705. The van der Waals surface area contributed by atoms with Crippen molar-refractivity contribution in [2.75, 3.05) is 26.3 Å². The monoisotopic (exact) mass is 370 g/mol. The molecule has 1 atom stereocenters. The number of carbonyl (C=O) groups excluding carboxylic acids is 1. The molecule has 2 heterocycles. The average molecular weight is 370 g/mol. The first kappa shape index (κ1) is 17.6. The lowest BCUT2D eigenvalue weighted by Gasteiger charge is -2.25. The summed E-state index contributed by atoms with van der Waals surface area (Å²) in [4.78, 5) is 13.0. The summed E-state index contributed by atoms with van der Waals surface area (Å²) in [6.45, 7) is 2.03.